The van der Waals surface area contributed by atoms with Crippen molar-refractivity contribution in [2.75, 3.05) is 6.26 Å². The molecule has 3 rings (SSSR count). The first-order valence-corrected chi connectivity index (χ1v) is 6.87. The van der Waals surface area contributed by atoms with Gasteiger partial charge in [-0.05, 0) is 24.5 Å². The van der Waals surface area contributed by atoms with Gasteiger partial charge in [-0.15, -0.1) is 5.10 Å². The number of hydrogen-bond acceptors (Lipinski definition) is 4. The molecule has 1 aromatic rings. The Kier molecular flexibility index (Phi) is 2.47. The molecule has 4 atom stereocenters. The highest BCUT2D eigenvalue weighted by Crippen LogP contribution is 2.52. The molecule has 1 amide bonds. The van der Waals surface area contributed by atoms with Crippen molar-refractivity contribution in [1.29, 1.82) is 0 Å². The Balaban J connectivity index is 1.95. The summed E-state index contributed by atoms with van der Waals surface area (Å²) in [5.41, 5.74) is 5.51. The van der Waals surface area contributed by atoms with Gasteiger partial charge < -0.3 is 5.73 Å². The zero-order valence-corrected chi connectivity index (χ0v) is 10.3. The monoisotopic (exact) mass is 250 g/mol. The Hall–Kier alpha value is -1.30. The quantitative estimate of drug-likeness (QED) is 0.617. The molecule has 5 nitrogen and oxygen atoms in total. The van der Waals surface area contributed by atoms with Crippen LogP contribution in [0.25, 0.3) is 0 Å². The van der Waals surface area contributed by atoms with Crippen molar-refractivity contribution in [3.05, 3.63) is 18.0 Å². The highest BCUT2D eigenvalue weighted by molar-refractivity contribution is 7.98. The maximum absolute atomic E-state index is 11.6. The third kappa shape index (κ3) is 1.58. The molecular formula is C11H14N4OS. The van der Waals surface area contributed by atoms with Crippen molar-refractivity contribution < 1.29 is 4.79 Å². The molecule has 0 aromatic carbocycles. The number of allylic oxidation sites excluding steroid dienone is 2. The minimum atomic E-state index is -0.228. The smallest absolute Gasteiger partial charge is 0.221 e. The molecule has 0 aliphatic heterocycles. The third-order valence-electron chi connectivity index (χ3n) is 3.77. The van der Waals surface area contributed by atoms with Gasteiger partial charge in [0.25, 0.3) is 0 Å². The summed E-state index contributed by atoms with van der Waals surface area (Å²) in [5.74, 6) is 1.18. The first-order valence-electron chi connectivity index (χ1n) is 5.64. The fraction of sp³-hybridized carbons (Fsp3) is 0.545. The summed E-state index contributed by atoms with van der Waals surface area (Å²) in [5, 5.41) is 7.77. The number of carbonyl (C=O) groups is 1. The lowest BCUT2D eigenvalue weighted by Crippen LogP contribution is -2.32. The maximum Gasteiger partial charge on any atom is 0.221 e. The molecule has 1 aromatic heterocycles. The lowest BCUT2D eigenvalue weighted by atomic mass is 9.82. The van der Waals surface area contributed by atoms with E-state index < -0.39 is 0 Å². The normalized spacial score (nSPS) is 34.4. The Morgan fingerprint density at radius 2 is 2.29 bits per heavy atom. The average Bonchev–Trinajstić information content (AvgIpc) is 3.02. The highest BCUT2D eigenvalue weighted by Gasteiger charge is 2.49. The molecule has 4 unspecified atom stereocenters. The molecule has 0 saturated heterocycles. The van der Waals surface area contributed by atoms with Gasteiger partial charge in [0, 0.05) is 5.92 Å². The zero-order valence-electron chi connectivity index (χ0n) is 9.46. The van der Waals surface area contributed by atoms with Crippen molar-refractivity contribution >= 4 is 17.7 Å². The fourth-order valence-corrected chi connectivity index (χ4v) is 3.41. The summed E-state index contributed by atoms with van der Waals surface area (Å²) >= 11 is 1.49. The van der Waals surface area contributed by atoms with Gasteiger partial charge in [-0.3, -0.25) is 9.89 Å². The fourth-order valence-electron chi connectivity index (χ4n) is 3.08. The first-order chi connectivity index (χ1) is 8.20. The van der Waals surface area contributed by atoms with Crippen LogP contribution in [-0.2, 0) is 4.79 Å². The predicted octanol–water partition coefficient (Wildman–Crippen LogP) is 0.918. The largest absolute Gasteiger partial charge is 0.369 e. The van der Waals surface area contributed by atoms with Gasteiger partial charge in [-0.1, -0.05) is 23.9 Å². The van der Waals surface area contributed by atoms with Gasteiger partial charge >= 0.3 is 0 Å². The van der Waals surface area contributed by atoms with Crippen molar-refractivity contribution in [3.63, 3.8) is 0 Å². The lowest BCUT2D eigenvalue weighted by molar-refractivity contribution is -0.123. The topological polar surface area (TPSA) is 84.7 Å². The molecular weight excluding hydrogens is 236 g/mol. The van der Waals surface area contributed by atoms with Crippen LogP contribution in [-0.4, -0.2) is 27.3 Å². The molecule has 1 heterocycles. The standard InChI is InChI=1S/C11H14N4OS/c1-17-11-13-10(14-15-11)8-6-3-2-5(4-6)7(8)9(12)16/h2-3,5-8H,4H2,1H3,(H2,12,16)(H,13,14,15). The van der Waals surface area contributed by atoms with E-state index in [4.69, 9.17) is 5.73 Å². The number of primary amides is 1. The summed E-state index contributed by atoms with van der Waals surface area (Å²) in [4.78, 5) is 16.0. The van der Waals surface area contributed by atoms with E-state index in [0.29, 0.717) is 5.92 Å². The minimum Gasteiger partial charge on any atom is -0.369 e. The van der Waals surface area contributed by atoms with Gasteiger partial charge in [0.05, 0.1) is 5.92 Å². The van der Waals surface area contributed by atoms with E-state index in [-0.39, 0.29) is 23.7 Å². The van der Waals surface area contributed by atoms with Crippen molar-refractivity contribution in [3.8, 4) is 0 Å². The van der Waals surface area contributed by atoms with Crippen LogP contribution < -0.4 is 5.73 Å². The molecule has 17 heavy (non-hydrogen) atoms. The van der Waals surface area contributed by atoms with Crippen LogP contribution in [0.5, 0.6) is 0 Å². The van der Waals surface area contributed by atoms with Crippen molar-refractivity contribution in [2.24, 2.45) is 23.5 Å². The summed E-state index contributed by atoms with van der Waals surface area (Å²) in [6.07, 6.45) is 7.23. The van der Waals surface area contributed by atoms with Gasteiger partial charge in [-0.2, -0.15) is 0 Å². The molecule has 3 N–H and O–H groups in total. The molecule has 0 spiro atoms. The zero-order chi connectivity index (χ0) is 12.0. The third-order valence-corrected chi connectivity index (χ3v) is 4.32. The summed E-state index contributed by atoms with van der Waals surface area (Å²) in [6.45, 7) is 0. The van der Waals surface area contributed by atoms with E-state index >= 15 is 0 Å². The van der Waals surface area contributed by atoms with E-state index in [1.807, 2.05) is 6.26 Å². The second-order valence-electron chi connectivity index (χ2n) is 4.61. The van der Waals surface area contributed by atoms with Crippen LogP contribution in [0.15, 0.2) is 17.3 Å². The first kappa shape index (κ1) is 10.8. The van der Waals surface area contributed by atoms with Crippen LogP contribution >= 0.6 is 11.8 Å². The van der Waals surface area contributed by atoms with Crippen molar-refractivity contribution in [2.45, 2.75) is 17.5 Å². The molecule has 1 saturated carbocycles. The van der Waals surface area contributed by atoms with E-state index in [0.717, 1.165) is 17.4 Å². The average molecular weight is 250 g/mol. The van der Waals surface area contributed by atoms with Crippen LogP contribution in [0.3, 0.4) is 0 Å². The van der Waals surface area contributed by atoms with E-state index in [1.54, 1.807) is 0 Å². The molecule has 2 bridgehead atoms. The SMILES string of the molecule is CSc1n[nH]c(C2C3C=CC(C3)C2C(N)=O)n1. The highest BCUT2D eigenvalue weighted by atomic mass is 32.2. The second kappa shape index (κ2) is 3.87. The molecule has 0 radical (unpaired) electrons. The number of hydrogen-bond donors (Lipinski definition) is 2. The van der Waals surface area contributed by atoms with Gasteiger partial charge in [0.1, 0.15) is 5.82 Å². The number of nitrogens with two attached hydrogens (primary N) is 1. The Labute approximate surface area is 103 Å². The van der Waals surface area contributed by atoms with E-state index in [2.05, 4.69) is 27.3 Å². The number of rotatable bonds is 3. The van der Waals surface area contributed by atoms with Gasteiger partial charge in [-0.25, -0.2) is 4.98 Å². The van der Waals surface area contributed by atoms with Crippen LogP contribution in [0.4, 0.5) is 0 Å². The molecule has 1 fully saturated rings. The predicted molar refractivity (Wildman–Crippen MR) is 64.3 cm³/mol. The van der Waals surface area contributed by atoms with Crippen LogP contribution in [0.2, 0.25) is 0 Å². The van der Waals surface area contributed by atoms with Crippen molar-refractivity contribution in [1.82, 2.24) is 15.2 Å². The number of nitrogens with zero attached hydrogens (tertiary/aromatic N) is 2. The molecule has 2 aliphatic carbocycles. The van der Waals surface area contributed by atoms with Gasteiger partial charge in [0.15, 0.2) is 0 Å². The number of aromatic amines is 1. The number of fused-ring (bicyclic) bond motifs is 2. The number of carbonyl (C=O) groups excluding carboxylic acids is 1. The lowest BCUT2D eigenvalue weighted by Gasteiger charge is -2.23. The Bertz CT molecular complexity index is 484. The maximum atomic E-state index is 11.6. The number of aromatic nitrogens is 3. The molecule has 6 heteroatoms. The Morgan fingerprint density at radius 3 is 2.94 bits per heavy atom. The number of H-pyrrole nitrogens is 1. The second-order valence-corrected chi connectivity index (χ2v) is 5.38. The van der Waals surface area contributed by atoms with Crippen LogP contribution in [0.1, 0.15) is 18.2 Å². The molecule has 90 valence electrons. The van der Waals surface area contributed by atoms with E-state index in [9.17, 15) is 4.79 Å². The Morgan fingerprint density at radius 1 is 1.53 bits per heavy atom. The summed E-state index contributed by atoms with van der Waals surface area (Å²) < 4.78 is 0. The van der Waals surface area contributed by atoms with E-state index in [1.165, 1.54) is 11.8 Å². The minimum absolute atomic E-state index is 0.0795. The number of thioether (sulfide) groups is 1. The molecule has 2 aliphatic rings. The summed E-state index contributed by atoms with van der Waals surface area (Å²) in [6, 6.07) is 0. The number of nitrogens with one attached hydrogen (secondary N) is 1. The van der Waals surface area contributed by atoms with Gasteiger partial charge in [0.2, 0.25) is 11.1 Å². The number of amides is 1. The summed E-state index contributed by atoms with van der Waals surface area (Å²) in [7, 11) is 0. The van der Waals surface area contributed by atoms with Crippen LogP contribution in [0, 0.1) is 17.8 Å².